The van der Waals surface area contributed by atoms with E-state index in [0.717, 1.165) is 16.7 Å². The molecule has 0 fully saturated rings. The molecule has 0 saturated heterocycles. The van der Waals surface area contributed by atoms with Crippen molar-refractivity contribution in [3.8, 4) is 11.5 Å². The van der Waals surface area contributed by atoms with Crippen LogP contribution in [0, 0.1) is 20.8 Å². The van der Waals surface area contributed by atoms with E-state index in [4.69, 9.17) is 10.2 Å². The maximum absolute atomic E-state index is 11.2. The van der Waals surface area contributed by atoms with Gasteiger partial charge in [-0.2, -0.15) is 0 Å². The molecule has 0 aliphatic carbocycles. The molecule has 0 aliphatic heterocycles. The molecule has 0 aliphatic rings. The van der Waals surface area contributed by atoms with Crippen LogP contribution in [-0.2, 0) is 0 Å². The number of carbonyl (C=O) groups excluding carboxylic acids is 1. The largest absolute Gasteiger partial charge is 0.508 e. The lowest BCUT2D eigenvalue weighted by Crippen LogP contribution is -1.97. The minimum atomic E-state index is 0.0741. The summed E-state index contributed by atoms with van der Waals surface area (Å²) >= 11 is 0. The molecule has 136 valence electrons. The summed E-state index contributed by atoms with van der Waals surface area (Å²) in [6, 6.07) is 21.5. The van der Waals surface area contributed by atoms with Crippen molar-refractivity contribution in [2.45, 2.75) is 20.8 Å². The van der Waals surface area contributed by atoms with Crippen LogP contribution in [0.5, 0.6) is 11.5 Å². The minimum absolute atomic E-state index is 0.0741. The topological polar surface area (TPSA) is 57.5 Å². The van der Waals surface area contributed by atoms with E-state index >= 15 is 0 Å². The fourth-order valence-electron chi connectivity index (χ4n) is 2.42. The predicted octanol–water partition coefficient (Wildman–Crippen LogP) is 5.41. The van der Waals surface area contributed by atoms with E-state index in [9.17, 15) is 4.79 Å². The van der Waals surface area contributed by atoms with Gasteiger partial charge in [-0.05, 0) is 56.2 Å². The lowest BCUT2D eigenvalue weighted by atomic mass is 10.0. The van der Waals surface area contributed by atoms with E-state index in [2.05, 4.69) is 9.24 Å². The molecule has 0 spiro atoms. The van der Waals surface area contributed by atoms with Crippen LogP contribution in [-0.4, -0.2) is 15.7 Å². The lowest BCUT2D eigenvalue weighted by Gasteiger charge is -2.06. The van der Waals surface area contributed by atoms with E-state index in [1.165, 1.54) is 5.56 Å². The van der Waals surface area contributed by atoms with Crippen LogP contribution in [0.4, 0.5) is 0 Å². The van der Waals surface area contributed by atoms with Gasteiger partial charge in [0.15, 0.2) is 5.52 Å². The zero-order valence-corrected chi connectivity index (χ0v) is 16.5. The van der Waals surface area contributed by atoms with Crippen molar-refractivity contribution in [2.24, 2.45) is 0 Å². The monoisotopic (exact) mass is 368 g/mol. The smallest absolute Gasteiger partial charge is 0.178 e. The van der Waals surface area contributed by atoms with Crippen molar-refractivity contribution in [3.05, 3.63) is 95.1 Å². The number of para-hydroxylation sites is 2. The molecule has 0 bridgehead atoms. The average Bonchev–Trinajstić information content (AvgIpc) is 2.56. The van der Waals surface area contributed by atoms with Crippen molar-refractivity contribution in [1.29, 1.82) is 0 Å². The van der Waals surface area contributed by atoms with E-state index < -0.39 is 0 Å². The van der Waals surface area contributed by atoms with Gasteiger partial charge in [-0.15, -0.1) is 0 Å². The first-order chi connectivity index (χ1) is 12.3. The van der Waals surface area contributed by atoms with Crippen LogP contribution in [0.25, 0.3) is 0 Å². The second kappa shape index (κ2) is 11.1. The van der Waals surface area contributed by atoms with Gasteiger partial charge in [0.1, 0.15) is 11.5 Å². The van der Waals surface area contributed by atoms with E-state index in [1.54, 1.807) is 48.5 Å². The van der Waals surface area contributed by atoms with Gasteiger partial charge in [0.05, 0.1) is 0 Å². The molecule has 0 heterocycles. The number of rotatable bonds is 1. The average molecular weight is 368 g/mol. The van der Waals surface area contributed by atoms with Gasteiger partial charge >= 0.3 is 0 Å². The van der Waals surface area contributed by atoms with Crippen molar-refractivity contribution >= 4 is 14.8 Å². The molecule has 3 aromatic carbocycles. The van der Waals surface area contributed by atoms with Crippen LogP contribution in [0.15, 0.2) is 72.8 Å². The molecule has 2 N–H and O–H groups in total. The Labute approximate surface area is 157 Å². The number of carbonyl (C=O) groups is 1. The van der Waals surface area contributed by atoms with Crippen molar-refractivity contribution in [2.75, 3.05) is 0 Å². The number of hydrogen-bond donors (Lipinski definition) is 2. The molecule has 0 radical (unpaired) electrons. The highest BCUT2D eigenvalue weighted by Gasteiger charge is 2.07. The molecule has 0 saturated carbocycles. The number of hydrogen-bond acceptors (Lipinski definition) is 3. The molecule has 26 heavy (non-hydrogen) atoms. The quantitative estimate of drug-likeness (QED) is 0.565. The Kier molecular flexibility index (Phi) is 9.11. The normalized spacial score (nSPS) is 9.23. The van der Waals surface area contributed by atoms with Gasteiger partial charge in [-0.25, -0.2) is 0 Å². The zero-order chi connectivity index (χ0) is 19.5. The maximum Gasteiger partial charge on any atom is 0.178 e. The van der Waals surface area contributed by atoms with Gasteiger partial charge in [0, 0.05) is 5.56 Å². The van der Waals surface area contributed by atoms with Crippen molar-refractivity contribution in [1.82, 2.24) is 0 Å². The Balaban J connectivity index is 0.000000207. The standard InChI is InChI=1S/C10H13OP.2C6H6O/c1-6-4-7(2)9(10(11)12)8(3)5-6;2*7-6-4-2-1-3-5-6/h4-5H,12H2,1-3H3;2*1-5,7H. The molecule has 3 rings (SSSR count). The van der Waals surface area contributed by atoms with E-state index in [-0.39, 0.29) is 5.52 Å². The summed E-state index contributed by atoms with van der Waals surface area (Å²) in [5.41, 5.74) is 4.25. The Morgan fingerprint density at radius 2 is 1.08 bits per heavy atom. The Bertz CT molecular complexity index is 755. The number of phenolic OH excluding ortho intramolecular Hbond substituents is 2. The molecule has 1 unspecified atom stereocenters. The fourth-order valence-corrected chi connectivity index (χ4v) is 2.88. The summed E-state index contributed by atoms with van der Waals surface area (Å²) in [4.78, 5) is 11.2. The van der Waals surface area contributed by atoms with Crippen LogP contribution in [0.1, 0.15) is 27.0 Å². The lowest BCUT2D eigenvalue weighted by molar-refractivity contribution is 0.108. The van der Waals surface area contributed by atoms with Gasteiger partial charge in [-0.3, -0.25) is 4.79 Å². The van der Waals surface area contributed by atoms with Gasteiger partial charge in [0.25, 0.3) is 0 Å². The summed E-state index contributed by atoms with van der Waals surface area (Å²) < 4.78 is 0. The SMILES string of the molecule is Cc1cc(C)c(C(=O)P)c(C)c1.Oc1ccccc1.Oc1ccccc1. The van der Waals surface area contributed by atoms with Crippen LogP contribution >= 0.6 is 9.24 Å². The van der Waals surface area contributed by atoms with Crippen molar-refractivity contribution in [3.63, 3.8) is 0 Å². The third-order valence-corrected chi connectivity index (χ3v) is 3.72. The summed E-state index contributed by atoms with van der Waals surface area (Å²) in [7, 11) is 2.22. The molecular weight excluding hydrogens is 343 g/mol. The number of aryl methyl sites for hydroxylation is 3. The Morgan fingerprint density at radius 1 is 0.731 bits per heavy atom. The number of aromatic hydroxyl groups is 2. The third-order valence-electron chi connectivity index (χ3n) is 3.44. The van der Waals surface area contributed by atoms with Crippen LogP contribution in [0.3, 0.4) is 0 Å². The molecular formula is C22H25O3P. The second-order valence-electron chi connectivity index (χ2n) is 5.81. The predicted molar refractivity (Wildman–Crippen MR) is 111 cm³/mol. The number of benzene rings is 3. The minimum Gasteiger partial charge on any atom is -0.508 e. The second-order valence-corrected chi connectivity index (χ2v) is 6.33. The van der Waals surface area contributed by atoms with E-state index in [1.807, 2.05) is 45.0 Å². The summed E-state index contributed by atoms with van der Waals surface area (Å²) in [5, 5.41) is 17.3. The summed E-state index contributed by atoms with van der Waals surface area (Å²) in [5.74, 6) is 0.644. The van der Waals surface area contributed by atoms with Crippen LogP contribution in [0.2, 0.25) is 0 Å². The Hall–Kier alpha value is -2.64. The third kappa shape index (κ3) is 7.96. The first kappa shape index (κ1) is 21.4. The molecule has 0 amide bonds. The fraction of sp³-hybridized carbons (Fsp3) is 0.136. The number of phenols is 2. The molecule has 0 aromatic heterocycles. The summed E-state index contributed by atoms with van der Waals surface area (Å²) in [6.07, 6.45) is 0. The van der Waals surface area contributed by atoms with E-state index in [0.29, 0.717) is 11.5 Å². The maximum atomic E-state index is 11.2. The summed E-state index contributed by atoms with van der Waals surface area (Å²) in [6.45, 7) is 5.98. The highest BCUT2D eigenvalue weighted by molar-refractivity contribution is 7.41. The highest BCUT2D eigenvalue weighted by atomic mass is 31.0. The molecule has 1 atom stereocenters. The van der Waals surface area contributed by atoms with Crippen LogP contribution < -0.4 is 0 Å². The van der Waals surface area contributed by atoms with Gasteiger partial charge < -0.3 is 10.2 Å². The zero-order valence-electron chi connectivity index (χ0n) is 15.3. The highest BCUT2D eigenvalue weighted by Crippen LogP contribution is 2.18. The molecule has 3 nitrogen and oxygen atoms in total. The van der Waals surface area contributed by atoms with Crippen molar-refractivity contribution < 1.29 is 15.0 Å². The molecule has 4 heteroatoms. The van der Waals surface area contributed by atoms with Gasteiger partial charge in [0.2, 0.25) is 0 Å². The first-order valence-corrected chi connectivity index (χ1v) is 8.74. The Morgan fingerprint density at radius 3 is 1.31 bits per heavy atom. The first-order valence-electron chi connectivity index (χ1n) is 8.17. The van der Waals surface area contributed by atoms with Gasteiger partial charge in [-0.1, -0.05) is 63.3 Å². The molecule has 3 aromatic rings.